The van der Waals surface area contributed by atoms with Crippen LogP contribution in [-0.4, -0.2) is 27.1 Å². The highest BCUT2D eigenvalue weighted by atomic mass is 32.2. The summed E-state index contributed by atoms with van der Waals surface area (Å²) < 4.78 is 1.82. The lowest BCUT2D eigenvalue weighted by molar-refractivity contribution is 0.0689. The second-order valence-corrected chi connectivity index (χ2v) is 5.36. The zero-order valence-electron chi connectivity index (χ0n) is 10.6. The predicted molar refractivity (Wildman–Crippen MR) is 74.3 cm³/mol. The van der Waals surface area contributed by atoms with E-state index >= 15 is 0 Å². The van der Waals surface area contributed by atoms with Gasteiger partial charge in [-0.3, -0.25) is 0 Å². The number of carbonyl (C=O) groups is 1. The summed E-state index contributed by atoms with van der Waals surface area (Å²) >= 11 is 1.65. The number of rotatable bonds is 3. The molecule has 1 N–H and O–H groups in total. The van der Waals surface area contributed by atoms with Gasteiger partial charge in [0.2, 0.25) is 0 Å². The van der Waals surface area contributed by atoms with Crippen LogP contribution in [-0.2, 0) is 12.8 Å². The summed E-state index contributed by atoms with van der Waals surface area (Å²) in [6.45, 7) is 0. The SMILES string of the molecule is CSc1ccccc1-n1nc(C(=O)O)c2c1CCC2. The number of aromatic nitrogens is 2. The van der Waals surface area contributed by atoms with E-state index in [-0.39, 0.29) is 5.69 Å². The van der Waals surface area contributed by atoms with Crippen LogP contribution >= 0.6 is 11.8 Å². The van der Waals surface area contributed by atoms with Crippen molar-refractivity contribution in [2.75, 3.05) is 6.26 Å². The summed E-state index contributed by atoms with van der Waals surface area (Å²) in [5.41, 5.74) is 3.14. The van der Waals surface area contributed by atoms with Crippen LogP contribution in [0.4, 0.5) is 0 Å². The van der Waals surface area contributed by atoms with Crippen LogP contribution < -0.4 is 0 Å². The lowest BCUT2D eigenvalue weighted by atomic mass is 10.2. The van der Waals surface area contributed by atoms with Crippen molar-refractivity contribution in [2.45, 2.75) is 24.2 Å². The molecule has 0 bridgehead atoms. The number of aromatic carboxylic acids is 1. The molecule has 0 atom stereocenters. The van der Waals surface area contributed by atoms with Crippen molar-refractivity contribution in [2.24, 2.45) is 0 Å². The van der Waals surface area contributed by atoms with Crippen LogP contribution in [0.15, 0.2) is 29.2 Å². The summed E-state index contributed by atoms with van der Waals surface area (Å²) in [6.07, 6.45) is 4.74. The Morgan fingerprint density at radius 1 is 1.37 bits per heavy atom. The standard InChI is InChI=1S/C14H14N2O2S/c1-19-12-8-3-2-6-11(12)16-10-7-4-5-9(10)13(15-16)14(17)18/h2-3,6,8H,4-5,7H2,1H3,(H,17,18). The molecule has 1 aromatic carbocycles. The van der Waals surface area contributed by atoms with Gasteiger partial charge < -0.3 is 5.11 Å². The van der Waals surface area contributed by atoms with Crippen LogP contribution in [0.3, 0.4) is 0 Å². The summed E-state index contributed by atoms with van der Waals surface area (Å²) in [6, 6.07) is 7.96. The van der Waals surface area contributed by atoms with Crippen LogP contribution in [0, 0.1) is 0 Å². The molecule has 0 unspecified atom stereocenters. The van der Waals surface area contributed by atoms with Gasteiger partial charge in [-0.15, -0.1) is 11.8 Å². The number of fused-ring (bicyclic) bond motifs is 1. The Bertz CT molecular complexity index is 649. The molecule has 0 fully saturated rings. The zero-order valence-corrected chi connectivity index (χ0v) is 11.4. The molecule has 98 valence electrons. The molecular formula is C14H14N2O2S. The van der Waals surface area contributed by atoms with E-state index in [4.69, 9.17) is 0 Å². The average Bonchev–Trinajstić information content (AvgIpc) is 2.99. The highest BCUT2D eigenvalue weighted by Crippen LogP contribution is 2.31. The Balaban J connectivity index is 2.21. The molecule has 0 saturated heterocycles. The Labute approximate surface area is 115 Å². The van der Waals surface area contributed by atoms with Gasteiger partial charge in [0.15, 0.2) is 5.69 Å². The first-order valence-electron chi connectivity index (χ1n) is 6.20. The minimum atomic E-state index is -0.932. The van der Waals surface area contributed by atoms with E-state index < -0.39 is 5.97 Å². The largest absolute Gasteiger partial charge is 0.476 e. The lowest BCUT2D eigenvalue weighted by Crippen LogP contribution is -2.05. The molecule has 1 aliphatic rings. The molecule has 19 heavy (non-hydrogen) atoms. The van der Waals surface area contributed by atoms with Gasteiger partial charge in [-0.05, 0) is 37.7 Å². The third-order valence-corrected chi connectivity index (χ3v) is 4.23. The molecule has 1 aliphatic carbocycles. The molecule has 1 heterocycles. The second kappa shape index (κ2) is 4.74. The molecule has 5 heteroatoms. The number of nitrogens with zero attached hydrogens (tertiary/aromatic N) is 2. The Morgan fingerprint density at radius 2 is 2.16 bits per heavy atom. The predicted octanol–water partition coefficient (Wildman–Crippen LogP) is 2.78. The maximum atomic E-state index is 11.3. The third kappa shape index (κ3) is 1.94. The van der Waals surface area contributed by atoms with Crippen molar-refractivity contribution in [3.05, 3.63) is 41.2 Å². The molecule has 1 aromatic heterocycles. The first-order chi connectivity index (χ1) is 9.22. The van der Waals surface area contributed by atoms with Crippen LogP contribution in [0.25, 0.3) is 5.69 Å². The lowest BCUT2D eigenvalue weighted by Gasteiger charge is -2.09. The Hall–Kier alpha value is -1.75. The van der Waals surface area contributed by atoms with E-state index in [9.17, 15) is 9.90 Å². The van der Waals surface area contributed by atoms with E-state index in [0.29, 0.717) is 0 Å². The van der Waals surface area contributed by atoms with Crippen LogP contribution in [0.5, 0.6) is 0 Å². The maximum absolute atomic E-state index is 11.3. The first-order valence-corrected chi connectivity index (χ1v) is 7.42. The molecular weight excluding hydrogens is 260 g/mol. The normalized spacial score (nSPS) is 13.5. The molecule has 0 aliphatic heterocycles. The smallest absolute Gasteiger partial charge is 0.356 e. The number of hydrogen-bond acceptors (Lipinski definition) is 3. The minimum Gasteiger partial charge on any atom is -0.476 e. The van der Waals surface area contributed by atoms with E-state index in [2.05, 4.69) is 5.10 Å². The van der Waals surface area contributed by atoms with Crippen molar-refractivity contribution in [1.29, 1.82) is 0 Å². The monoisotopic (exact) mass is 274 g/mol. The first kappa shape index (κ1) is 12.3. The van der Waals surface area contributed by atoms with Gasteiger partial charge in [0.25, 0.3) is 0 Å². The number of benzene rings is 1. The van der Waals surface area contributed by atoms with Gasteiger partial charge in [-0.1, -0.05) is 12.1 Å². The highest BCUT2D eigenvalue weighted by Gasteiger charge is 2.27. The van der Waals surface area contributed by atoms with E-state index in [1.54, 1.807) is 11.8 Å². The summed E-state index contributed by atoms with van der Waals surface area (Å²) in [7, 11) is 0. The number of carboxylic acids is 1. The van der Waals surface area contributed by atoms with Gasteiger partial charge in [-0.25, -0.2) is 9.48 Å². The molecule has 0 radical (unpaired) electrons. The molecule has 4 nitrogen and oxygen atoms in total. The third-order valence-electron chi connectivity index (χ3n) is 3.45. The Morgan fingerprint density at radius 3 is 2.89 bits per heavy atom. The van der Waals surface area contributed by atoms with Crippen LogP contribution in [0.2, 0.25) is 0 Å². The fraction of sp³-hybridized carbons (Fsp3) is 0.286. The Kier molecular flexibility index (Phi) is 3.06. The molecule has 3 rings (SSSR count). The van der Waals surface area contributed by atoms with E-state index in [1.807, 2.05) is 35.2 Å². The van der Waals surface area contributed by atoms with Crippen molar-refractivity contribution in [1.82, 2.24) is 9.78 Å². The fourth-order valence-electron chi connectivity index (χ4n) is 2.61. The number of para-hydroxylation sites is 1. The summed E-state index contributed by atoms with van der Waals surface area (Å²) in [5, 5.41) is 13.6. The van der Waals surface area contributed by atoms with E-state index in [1.165, 1.54) is 0 Å². The van der Waals surface area contributed by atoms with Gasteiger partial charge >= 0.3 is 5.97 Å². The van der Waals surface area contributed by atoms with Crippen molar-refractivity contribution in [3.63, 3.8) is 0 Å². The number of carboxylic acid groups (broad SMARTS) is 1. The molecule has 2 aromatic rings. The fourth-order valence-corrected chi connectivity index (χ4v) is 3.19. The summed E-state index contributed by atoms with van der Waals surface area (Å²) in [4.78, 5) is 12.4. The molecule has 0 saturated carbocycles. The van der Waals surface area contributed by atoms with Gasteiger partial charge in [0.1, 0.15) is 0 Å². The molecule has 0 amide bonds. The van der Waals surface area contributed by atoms with Crippen molar-refractivity contribution < 1.29 is 9.90 Å². The van der Waals surface area contributed by atoms with Gasteiger partial charge in [0.05, 0.1) is 5.69 Å². The maximum Gasteiger partial charge on any atom is 0.356 e. The minimum absolute atomic E-state index is 0.211. The van der Waals surface area contributed by atoms with Crippen molar-refractivity contribution in [3.8, 4) is 5.69 Å². The number of thioether (sulfide) groups is 1. The van der Waals surface area contributed by atoms with Crippen molar-refractivity contribution >= 4 is 17.7 Å². The van der Waals surface area contributed by atoms with Gasteiger partial charge in [-0.2, -0.15) is 5.10 Å². The topological polar surface area (TPSA) is 55.1 Å². The average molecular weight is 274 g/mol. The van der Waals surface area contributed by atoms with E-state index in [0.717, 1.165) is 41.1 Å². The van der Waals surface area contributed by atoms with Gasteiger partial charge in [0, 0.05) is 16.2 Å². The second-order valence-electron chi connectivity index (χ2n) is 4.52. The van der Waals surface area contributed by atoms with Crippen LogP contribution in [0.1, 0.15) is 28.2 Å². The highest BCUT2D eigenvalue weighted by molar-refractivity contribution is 7.98. The quantitative estimate of drug-likeness (QED) is 0.874. The zero-order chi connectivity index (χ0) is 13.4. The number of hydrogen-bond donors (Lipinski definition) is 1. The summed E-state index contributed by atoms with van der Waals surface area (Å²) in [5.74, 6) is -0.932. The molecule has 0 spiro atoms.